The van der Waals surface area contributed by atoms with Gasteiger partial charge in [-0.05, 0) is 50.9 Å². The monoisotopic (exact) mass is 346 g/mol. The van der Waals surface area contributed by atoms with Crippen molar-refractivity contribution in [2.24, 2.45) is 4.99 Å². The largest absolute Gasteiger partial charge is 0.374 e. The molecule has 1 aliphatic rings. The molecular formula is C20H34N4O. The molecule has 0 amide bonds. The molecule has 5 nitrogen and oxygen atoms in total. The zero-order valence-corrected chi connectivity index (χ0v) is 16.1. The lowest BCUT2D eigenvalue weighted by atomic mass is 10.1. The van der Waals surface area contributed by atoms with Crippen LogP contribution in [0.25, 0.3) is 0 Å². The summed E-state index contributed by atoms with van der Waals surface area (Å²) in [5, 5.41) is 6.81. The summed E-state index contributed by atoms with van der Waals surface area (Å²) >= 11 is 0. The van der Waals surface area contributed by atoms with Gasteiger partial charge in [0, 0.05) is 26.7 Å². The van der Waals surface area contributed by atoms with Gasteiger partial charge in [-0.1, -0.05) is 30.7 Å². The van der Waals surface area contributed by atoms with Crippen LogP contribution in [0.15, 0.2) is 29.3 Å². The molecule has 0 aromatic heterocycles. The molecule has 0 spiro atoms. The van der Waals surface area contributed by atoms with Crippen molar-refractivity contribution in [3.8, 4) is 0 Å². The van der Waals surface area contributed by atoms with E-state index in [4.69, 9.17) is 4.74 Å². The second kappa shape index (κ2) is 11.1. The van der Waals surface area contributed by atoms with Crippen LogP contribution in [0.1, 0.15) is 44.2 Å². The Morgan fingerprint density at radius 2 is 1.92 bits per heavy atom. The fourth-order valence-electron chi connectivity index (χ4n) is 3.01. The Balaban J connectivity index is 1.71. The molecule has 0 saturated carbocycles. The smallest absolute Gasteiger partial charge is 0.191 e. The minimum Gasteiger partial charge on any atom is -0.374 e. The van der Waals surface area contributed by atoms with Gasteiger partial charge < -0.3 is 20.3 Å². The van der Waals surface area contributed by atoms with Crippen molar-refractivity contribution in [2.75, 3.05) is 33.2 Å². The summed E-state index contributed by atoms with van der Waals surface area (Å²) in [6, 6.07) is 8.52. The number of guanidine groups is 1. The Morgan fingerprint density at radius 3 is 2.64 bits per heavy atom. The van der Waals surface area contributed by atoms with Gasteiger partial charge in [0.25, 0.3) is 0 Å². The lowest BCUT2D eigenvalue weighted by Crippen LogP contribution is -2.42. The summed E-state index contributed by atoms with van der Waals surface area (Å²) in [6.45, 7) is 10.0. The number of aliphatic imine (C=N–C) groups is 1. The van der Waals surface area contributed by atoms with Crippen molar-refractivity contribution in [3.63, 3.8) is 0 Å². The summed E-state index contributed by atoms with van der Waals surface area (Å²) < 4.78 is 5.68. The van der Waals surface area contributed by atoms with Crippen LogP contribution in [0.3, 0.4) is 0 Å². The minimum atomic E-state index is 0.254. The lowest BCUT2D eigenvalue weighted by molar-refractivity contribution is 0.0657. The first-order chi connectivity index (χ1) is 12.2. The normalized spacial score (nSPS) is 16.2. The standard InChI is InChI=1S/C20H34N4O/c1-17(2)25-16-19-9-7-8-18(14-19)15-23-20(21-3)22-10-13-24-11-5-4-6-12-24/h7-9,14,17H,4-6,10-13,15-16H2,1-3H3,(H2,21,22,23). The molecule has 1 saturated heterocycles. The van der Waals surface area contributed by atoms with Gasteiger partial charge in [0.05, 0.1) is 12.7 Å². The summed E-state index contributed by atoms with van der Waals surface area (Å²) in [4.78, 5) is 6.85. The number of hydrogen-bond donors (Lipinski definition) is 2. The predicted octanol–water partition coefficient (Wildman–Crippen LogP) is 2.76. The minimum absolute atomic E-state index is 0.254. The van der Waals surface area contributed by atoms with E-state index in [9.17, 15) is 0 Å². The van der Waals surface area contributed by atoms with Gasteiger partial charge in [-0.25, -0.2) is 0 Å². The van der Waals surface area contributed by atoms with Crippen molar-refractivity contribution in [1.29, 1.82) is 0 Å². The molecule has 0 aliphatic carbocycles. The maximum atomic E-state index is 5.68. The first-order valence-corrected chi connectivity index (χ1v) is 9.53. The van der Waals surface area contributed by atoms with Crippen molar-refractivity contribution < 1.29 is 4.74 Å². The summed E-state index contributed by atoms with van der Waals surface area (Å²) in [5.41, 5.74) is 2.45. The van der Waals surface area contributed by atoms with Crippen LogP contribution >= 0.6 is 0 Å². The Hall–Kier alpha value is -1.59. The Kier molecular flexibility index (Phi) is 8.77. The van der Waals surface area contributed by atoms with Gasteiger partial charge >= 0.3 is 0 Å². The highest BCUT2D eigenvalue weighted by Crippen LogP contribution is 2.08. The van der Waals surface area contributed by atoms with Crippen LogP contribution in [-0.4, -0.2) is 50.2 Å². The third kappa shape index (κ3) is 7.88. The summed E-state index contributed by atoms with van der Waals surface area (Å²) in [7, 11) is 1.82. The van der Waals surface area contributed by atoms with Gasteiger partial charge in [-0.3, -0.25) is 4.99 Å². The number of nitrogens with one attached hydrogen (secondary N) is 2. The second-order valence-electron chi connectivity index (χ2n) is 6.93. The molecule has 1 aromatic carbocycles. The number of benzene rings is 1. The number of rotatable bonds is 8. The van der Waals surface area contributed by atoms with E-state index >= 15 is 0 Å². The molecule has 5 heteroatoms. The van der Waals surface area contributed by atoms with E-state index in [1.54, 1.807) is 0 Å². The van der Waals surface area contributed by atoms with Crippen molar-refractivity contribution in [3.05, 3.63) is 35.4 Å². The molecule has 0 atom stereocenters. The highest BCUT2D eigenvalue weighted by molar-refractivity contribution is 5.79. The number of piperidine rings is 1. The number of hydrogen-bond acceptors (Lipinski definition) is 3. The molecule has 0 unspecified atom stereocenters. The quantitative estimate of drug-likeness (QED) is 0.561. The Labute approximate surface area is 152 Å². The maximum Gasteiger partial charge on any atom is 0.191 e. The van der Waals surface area contributed by atoms with Crippen LogP contribution < -0.4 is 10.6 Å². The highest BCUT2D eigenvalue weighted by Gasteiger charge is 2.09. The zero-order valence-electron chi connectivity index (χ0n) is 16.1. The number of likely N-dealkylation sites (tertiary alicyclic amines) is 1. The van der Waals surface area contributed by atoms with Gasteiger partial charge in [-0.2, -0.15) is 0 Å². The zero-order chi connectivity index (χ0) is 17.9. The molecule has 1 aliphatic heterocycles. The van der Waals surface area contributed by atoms with Gasteiger partial charge in [0.2, 0.25) is 0 Å². The van der Waals surface area contributed by atoms with E-state index in [0.29, 0.717) is 6.61 Å². The van der Waals surface area contributed by atoms with E-state index in [1.165, 1.54) is 43.5 Å². The molecule has 2 N–H and O–H groups in total. The molecule has 140 valence electrons. The Morgan fingerprint density at radius 1 is 1.16 bits per heavy atom. The molecule has 1 fully saturated rings. The molecule has 2 rings (SSSR count). The molecule has 1 aromatic rings. The average molecular weight is 347 g/mol. The number of nitrogens with zero attached hydrogens (tertiary/aromatic N) is 2. The van der Waals surface area contributed by atoms with Crippen LogP contribution in [0.4, 0.5) is 0 Å². The summed E-state index contributed by atoms with van der Waals surface area (Å²) in [5.74, 6) is 0.862. The number of ether oxygens (including phenoxy) is 1. The van der Waals surface area contributed by atoms with E-state index in [-0.39, 0.29) is 6.10 Å². The van der Waals surface area contributed by atoms with Gasteiger partial charge in [0.15, 0.2) is 5.96 Å². The highest BCUT2D eigenvalue weighted by atomic mass is 16.5. The topological polar surface area (TPSA) is 48.9 Å². The fourth-order valence-corrected chi connectivity index (χ4v) is 3.01. The molecular weight excluding hydrogens is 312 g/mol. The lowest BCUT2D eigenvalue weighted by Gasteiger charge is -2.26. The molecule has 1 heterocycles. The van der Waals surface area contributed by atoms with Crippen molar-refractivity contribution >= 4 is 5.96 Å². The van der Waals surface area contributed by atoms with E-state index in [2.05, 4.69) is 58.6 Å². The third-order valence-electron chi connectivity index (χ3n) is 4.43. The molecule has 25 heavy (non-hydrogen) atoms. The van der Waals surface area contributed by atoms with Crippen LogP contribution in [0.2, 0.25) is 0 Å². The first kappa shape index (κ1) is 19.7. The predicted molar refractivity (Wildman–Crippen MR) is 105 cm³/mol. The maximum absolute atomic E-state index is 5.68. The Bertz CT molecular complexity index is 524. The van der Waals surface area contributed by atoms with Crippen LogP contribution in [0, 0.1) is 0 Å². The van der Waals surface area contributed by atoms with E-state index < -0.39 is 0 Å². The molecule has 0 bridgehead atoms. The van der Waals surface area contributed by atoms with Crippen molar-refractivity contribution in [2.45, 2.75) is 52.4 Å². The van der Waals surface area contributed by atoms with E-state index in [1.807, 2.05) is 7.05 Å². The fraction of sp³-hybridized carbons (Fsp3) is 0.650. The first-order valence-electron chi connectivity index (χ1n) is 9.53. The average Bonchev–Trinajstić information content (AvgIpc) is 2.64. The van der Waals surface area contributed by atoms with Gasteiger partial charge in [-0.15, -0.1) is 0 Å². The molecule has 0 radical (unpaired) electrons. The SMILES string of the molecule is CN=C(NCCN1CCCCC1)NCc1cccc(COC(C)C)c1. The summed E-state index contributed by atoms with van der Waals surface area (Å²) in [6.07, 6.45) is 4.31. The van der Waals surface area contributed by atoms with E-state index in [0.717, 1.165) is 25.6 Å². The van der Waals surface area contributed by atoms with Crippen molar-refractivity contribution in [1.82, 2.24) is 15.5 Å². The second-order valence-corrected chi connectivity index (χ2v) is 6.93. The van der Waals surface area contributed by atoms with Crippen LogP contribution in [0.5, 0.6) is 0 Å². The van der Waals surface area contributed by atoms with Gasteiger partial charge in [0.1, 0.15) is 0 Å². The third-order valence-corrected chi connectivity index (χ3v) is 4.43. The van der Waals surface area contributed by atoms with Crippen LogP contribution in [-0.2, 0) is 17.9 Å².